The highest BCUT2D eigenvalue weighted by Crippen LogP contribution is 2.08. The quantitative estimate of drug-likeness (QED) is 0.615. The van der Waals surface area contributed by atoms with Crippen molar-refractivity contribution in [1.29, 1.82) is 0 Å². The van der Waals surface area contributed by atoms with Crippen LogP contribution in [0.1, 0.15) is 12.8 Å². The van der Waals surface area contributed by atoms with Crippen LogP contribution >= 0.6 is 24.8 Å². The summed E-state index contributed by atoms with van der Waals surface area (Å²) >= 11 is 0. The van der Waals surface area contributed by atoms with E-state index < -0.39 is 0 Å². The first-order chi connectivity index (χ1) is 4.70. The lowest BCUT2D eigenvalue weighted by molar-refractivity contribution is 0.0961. The van der Waals surface area contributed by atoms with Crippen molar-refractivity contribution in [2.24, 2.45) is 5.73 Å². The van der Waals surface area contributed by atoms with E-state index in [4.69, 9.17) is 10.8 Å². The highest BCUT2D eigenvalue weighted by Gasteiger charge is 2.18. The summed E-state index contributed by atoms with van der Waals surface area (Å²) in [5, 5.41) is 9.03. The predicted molar refractivity (Wildman–Crippen MR) is 50.9 cm³/mol. The number of urea groups is 1. The van der Waals surface area contributed by atoms with E-state index in [1.807, 2.05) is 0 Å². The lowest BCUT2D eigenvalue weighted by atomic mass is 10.1. The minimum absolute atomic E-state index is 0. The Bertz CT molecular complexity index is 138. The number of rotatable bonds is 0. The maximum absolute atomic E-state index is 10.5. The number of hydrogen-bond donors (Lipinski definition) is 2. The molecule has 1 aliphatic heterocycles. The molecular weight excluding hydrogens is 203 g/mol. The van der Waals surface area contributed by atoms with Gasteiger partial charge in [0.15, 0.2) is 0 Å². The molecule has 0 aromatic rings. The number of piperidine rings is 1. The van der Waals surface area contributed by atoms with Crippen molar-refractivity contribution in [2.45, 2.75) is 18.9 Å². The Morgan fingerprint density at radius 1 is 1.33 bits per heavy atom. The largest absolute Gasteiger partial charge is 0.393 e. The predicted octanol–water partition coefficient (Wildman–Crippen LogP) is 0.365. The number of carbonyl (C=O) groups is 1. The molecule has 0 saturated carbocycles. The van der Waals surface area contributed by atoms with Crippen LogP contribution in [0.25, 0.3) is 0 Å². The van der Waals surface area contributed by atoms with Crippen LogP contribution in [0.15, 0.2) is 0 Å². The summed E-state index contributed by atoms with van der Waals surface area (Å²) in [5.41, 5.74) is 5.02. The van der Waals surface area contributed by atoms with Crippen molar-refractivity contribution in [3.63, 3.8) is 0 Å². The smallest absolute Gasteiger partial charge is 0.314 e. The summed E-state index contributed by atoms with van der Waals surface area (Å²) in [5.74, 6) is 0. The highest BCUT2D eigenvalue weighted by molar-refractivity contribution is 5.85. The first-order valence-electron chi connectivity index (χ1n) is 3.42. The molecular formula is C6H14Cl2N2O2. The number of primary amides is 1. The van der Waals surface area contributed by atoms with E-state index >= 15 is 0 Å². The minimum atomic E-state index is -0.382. The van der Waals surface area contributed by atoms with Gasteiger partial charge in [0.05, 0.1) is 6.10 Å². The molecule has 1 saturated heterocycles. The van der Waals surface area contributed by atoms with Crippen LogP contribution in [0.5, 0.6) is 0 Å². The van der Waals surface area contributed by atoms with Gasteiger partial charge in [-0.05, 0) is 12.8 Å². The third-order valence-corrected chi connectivity index (χ3v) is 1.78. The Labute approximate surface area is 83.9 Å². The maximum atomic E-state index is 10.5. The van der Waals surface area contributed by atoms with Crippen LogP contribution in [0, 0.1) is 0 Å². The van der Waals surface area contributed by atoms with Gasteiger partial charge in [-0.3, -0.25) is 0 Å². The lowest BCUT2D eigenvalue weighted by Gasteiger charge is -2.27. The van der Waals surface area contributed by atoms with Gasteiger partial charge in [0.1, 0.15) is 0 Å². The van der Waals surface area contributed by atoms with Gasteiger partial charge in [0.2, 0.25) is 0 Å². The molecule has 2 amide bonds. The summed E-state index contributed by atoms with van der Waals surface area (Å²) in [6.07, 6.45) is 1.07. The molecule has 0 spiro atoms. The van der Waals surface area contributed by atoms with Crippen molar-refractivity contribution in [2.75, 3.05) is 13.1 Å². The van der Waals surface area contributed by atoms with E-state index in [0.29, 0.717) is 25.9 Å². The molecule has 12 heavy (non-hydrogen) atoms. The maximum Gasteiger partial charge on any atom is 0.314 e. The second-order valence-electron chi connectivity index (χ2n) is 2.56. The van der Waals surface area contributed by atoms with Crippen LogP contribution in [-0.2, 0) is 0 Å². The Hall–Kier alpha value is -0.190. The van der Waals surface area contributed by atoms with Gasteiger partial charge in [-0.15, -0.1) is 24.8 Å². The van der Waals surface area contributed by atoms with Crippen LogP contribution in [0.2, 0.25) is 0 Å². The number of nitrogens with zero attached hydrogens (tertiary/aromatic N) is 1. The zero-order valence-electron chi connectivity index (χ0n) is 6.60. The fraction of sp³-hybridized carbons (Fsp3) is 0.833. The number of likely N-dealkylation sites (tertiary alicyclic amines) is 1. The van der Waals surface area contributed by atoms with Gasteiger partial charge in [0, 0.05) is 13.1 Å². The van der Waals surface area contributed by atoms with Crippen LogP contribution < -0.4 is 5.73 Å². The normalized spacial score (nSPS) is 17.6. The molecule has 0 bridgehead atoms. The van der Waals surface area contributed by atoms with Crippen LogP contribution in [0.4, 0.5) is 4.79 Å². The molecule has 0 unspecified atom stereocenters. The third kappa shape index (κ3) is 3.99. The van der Waals surface area contributed by atoms with Crippen LogP contribution in [0.3, 0.4) is 0 Å². The monoisotopic (exact) mass is 216 g/mol. The molecule has 0 aliphatic carbocycles. The minimum Gasteiger partial charge on any atom is -0.393 e. The topological polar surface area (TPSA) is 66.6 Å². The summed E-state index contributed by atoms with van der Waals surface area (Å²) in [6.45, 7) is 1.19. The summed E-state index contributed by atoms with van der Waals surface area (Å²) in [4.78, 5) is 12.1. The molecule has 4 nitrogen and oxygen atoms in total. The number of aliphatic hydroxyl groups excluding tert-OH is 1. The third-order valence-electron chi connectivity index (χ3n) is 1.78. The number of amides is 2. The van der Waals surface area contributed by atoms with Crippen molar-refractivity contribution in [1.82, 2.24) is 4.90 Å². The van der Waals surface area contributed by atoms with Crippen molar-refractivity contribution < 1.29 is 9.90 Å². The Morgan fingerprint density at radius 3 is 2.08 bits per heavy atom. The molecule has 1 fully saturated rings. The summed E-state index contributed by atoms with van der Waals surface area (Å²) in [7, 11) is 0. The second kappa shape index (κ2) is 6.34. The summed E-state index contributed by atoms with van der Waals surface area (Å²) in [6, 6.07) is -0.382. The fourth-order valence-corrected chi connectivity index (χ4v) is 1.09. The second-order valence-corrected chi connectivity index (χ2v) is 2.56. The average molecular weight is 217 g/mol. The molecule has 1 rings (SSSR count). The first-order valence-corrected chi connectivity index (χ1v) is 3.42. The van der Waals surface area contributed by atoms with E-state index in [0.717, 1.165) is 0 Å². The molecule has 0 radical (unpaired) electrons. The zero-order chi connectivity index (χ0) is 7.56. The highest BCUT2D eigenvalue weighted by atomic mass is 35.5. The van der Waals surface area contributed by atoms with Crippen molar-refractivity contribution in [3.8, 4) is 0 Å². The Morgan fingerprint density at radius 2 is 1.75 bits per heavy atom. The van der Waals surface area contributed by atoms with Gasteiger partial charge >= 0.3 is 6.03 Å². The Balaban J connectivity index is 0. The molecule has 1 heterocycles. The number of aliphatic hydroxyl groups is 1. The number of nitrogens with two attached hydrogens (primary N) is 1. The molecule has 0 aromatic carbocycles. The lowest BCUT2D eigenvalue weighted by Crippen LogP contribution is -2.42. The van der Waals surface area contributed by atoms with Crippen molar-refractivity contribution in [3.05, 3.63) is 0 Å². The number of halogens is 2. The van der Waals surface area contributed by atoms with E-state index in [1.54, 1.807) is 4.90 Å². The molecule has 0 aromatic heterocycles. The zero-order valence-corrected chi connectivity index (χ0v) is 8.24. The van der Waals surface area contributed by atoms with E-state index in [1.165, 1.54) is 0 Å². The van der Waals surface area contributed by atoms with Gasteiger partial charge in [-0.1, -0.05) is 0 Å². The molecule has 0 atom stereocenters. The van der Waals surface area contributed by atoms with Gasteiger partial charge in [-0.25, -0.2) is 4.79 Å². The SMILES string of the molecule is Cl.Cl.NC(=O)N1CCC(O)CC1. The number of carbonyl (C=O) groups excluding carboxylic acids is 1. The van der Waals surface area contributed by atoms with Gasteiger partial charge in [-0.2, -0.15) is 0 Å². The van der Waals surface area contributed by atoms with E-state index in [-0.39, 0.29) is 36.9 Å². The van der Waals surface area contributed by atoms with E-state index in [2.05, 4.69) is 0 Å². The number of hydrogen-bond acceptors (Lipinski definition) is 2. The van der Waals surface area contributed by atoms with Crippen molar-refractivity contribution >= 4 is 30.8 Å². The van der Waals surface area contributed by atoms with Gasteiger partial charge in [0.25, 0.3) is 0 Å². The average Bonchev–Trinajstić information content (AvgIpc) is 1.88. The molecule has 1 aliphatic rings. The fourth-order valence-electron chi connectivity index (χ4n) is 1.09. The first kappa shape index (κ1) is 14.3. The molecule has 6 heteroatoms. The molecule has 3 N–H and O–H groups in total. The summed E-state index contributed by atoms with van der Waals surface area (Å²) < 4.78 is 0. The van der Waals surface area contributed by atoms with Gasteiger partial charge < -0.3 is 15.7 Å². The molecule has 74 valence electrons. The van der Waals surface area contributed by atoms with E-state index in [9.17, 15) is 4.79 Å². The van der Waals surface area contributed by atoms with Crippen LogP contribution in [-0.4, -0.2) is 35.2 Å². The standard InChI is InChI=1S/C6H12N2O2.2ClH/c7-6(10)8-3-1-5(9)2-4-8;;/h5,9H,1-4H2,(H2,7,10);2*1H. The Kier molecular flexibility index (Phi) is 7.58.